The van der Waals surface area contributed by atoms with E-state index >= 15 is 4.39 Å². The fraction of sp³-hybridized carbons (Fsp3) is 0.312. The average molecular weight is 489 g/mol. The summed E-state index contributed by atoms with van der Waals surface area (Å²) < 4.78 is 15.5. The molecule has 0 atom stereocenters. The molecule has 0 saturated heterocycles. The van der Waals surface area contributed by atoms with Crippen LogP contribution >= 0.6 is 0 Å². The summed E-state index contributed by atoms with van der Waals surface area (Å²) >= 11 is 0. The smallest absolute Gasteiger partial charge is 0.140 e. The standard InChI is InChI=1S/C32H29FN4/c33-29-19-25(30-21-35-32(37-30)24-14-6-7-15-24)18-28(22-10-2-1-3-11-22)27(29)17-9-8-16-26-20-34-31(36-26)23-12-4-5-13-23/h1-3,10-11,18-21,23-24H,4-7,12-15H2,(H,34,36)(H,35,37). The molecule has 2 aliphatic carbocycles. The van der Waals surface area contributed by atoms with Crippen molar-refractivity contribution in [1.29, 1.82) is 0 Å². The first-order valence-corrected chi connectivity index (χ1v) is 13.3. The van der Waals surface area contributed by atoms with Crippen LogP contribution < -0.4 is 0 Å². The van der Waals surface area contributed by atoms with Crippen LogP contribution in [0.2, 0.25) is 0 Å². The first-order valence-electron chi connectivity index (χ1n) is 13.3. The van der Waals surface area contributed by atoms with Gasteiger partial charge in [-0.25, -0.2) is 14.4 Å². The van der Waals surface area contributed by atoms with Gasteiger partial charge in [-0.05, 0) is 67.1 Å². The van der Waals surface area contributed by atoms with Crippen LogP contribution in [0.5, 0.6) is 0 Å². The van der Waals surface area contributed by atoms with E-state index in [1.54, 1.807) is 12.3 Å². The van der Waals surface area contributed by atoms with E-state index in [1.807, 2.05) is 42.6 Å². The maximum atomic E-state index is 15.5. The number of nitrogens with one attached hydrogen (secondary N) is 2. The van der Waals surface area contributed by atoms with Crippen LogP contribution in [-0.2, 0) is 0 Å². The Hall–Kier alpha value is -4.09. The molecule has 0 unspecified atom stereocenters. The fourth-order valence-electron chi connectivity index (χ4n) is 5.62. The SMILES string of the molecule is Fc1cc(-c2cnc(C3CCCC3)[nH]2)cc(-c2ccccc2)c1C#CC#Cc1cnc(C2CCCC2)[nH]1. The maximum absolute atomic E-state index is 15.5. The summed E-state index contributed by atoms with van der Waals surface area (Å²) in [5.41, 5.74) is 4.33. The zero-order valence-electron chi connectivity index (χ0n) is 20.8. The third-order valence-corrected chi connectivity index (χ3v) is 7.61. The molecule has 0 spiro atoms. The minimum absolute atomic E-state index is 0.344. The van der Waals surface area contributed by atoms with E-state index in [9.17, 15) is 0 Å². The summed E-state index contributed by atoms with van der Waals surface area (Å²) in [6.45, 7) is 0. The van der Waals surface area contributed by atoms with Gasteiger partial charge in [0.2, 0.25) is 0 Å². The summed E-state index contributed by atoms with van der Waals surface area (Å²) in [6.07, 6.45) is 13.3. The molecule has 0 radical (unpaired) electrons. The molecule has 4 nitrogen and oxygen atoms in total. The predicted octanol–water partition coefficient (Wildman–Crippen LogP) is 7.32. The summed E-state index contributed by atoms with van der Waals surface area (Å²) in [5.74, 6) is 14.4. The Morgan fingerprint density at radius 3 is 2.11 bits per heavy atom. The van der Waals surface area contributed by atoms with Gasteiger partial charge >= 0.3 is 0 Å². The molecule has 2 aliphatic rings. The predicted molar refractivity (Wildman–Crippen MR) is 144 cm³/mol. The van der Waals surface area contributed by atoms with Crippen LogP contribution in [0.4, 0.5) is 4.39 Å². The van der Waals surface area contributed by atoms with E-state index in [0.717, 1.165) is 52.6 Å². The summed E-state index contributed by atoms with van der Waals surface area (Å²) in [5, 5.41) is 0. The van der Waals surface area contributed by atoms with Crippen LogP contribution in [0.3, 0.4) is 0 Å². The molecule has 4 aromatic rings. The largest absolute Gasteiger partial charge is 0.342 e. The topological polar surface area (TPSA) is 57.4 Å². The van der Waals surface area contributed by atoms with Gasteiger partial charge in [0.05, 0.1) is 23.7 Å². The maximum Gasteiger partial charge on any atom is 0.140 e. The number of imidazole rings is 2. The molecule has 2 heterocycles. The van der Waals surface area contributed by atoms with Crippen molar-refractivity contribution in [3.63, 3.8) is 0 Å². The minimum Gasteiger partial charge on any atom is -0.342 e. The number of nitrogens with zero attached hydrogens (tertiary/aromatic N) is 2. The molecule has 2 aromatic heterocycles. The molecule has 37 heavy (non-hydrogen) atoms. The van der Waals surface area contributed by atoms with Gasteiger partial charge in [0.15, 0.2) is 0 Å². The van der Waals surface area contributed by atoms with Crippen LogP contribution in [-0.4, -0.2) is 19.9 Å². The fourth-order valence-corrected chi connectivity index (χ4v) is 5.62. The van der Waals surface area contributed by atoms with Gasteiger partial charge in [-0.15, -0.1) is 0 Å². The van der Waals surface area contributed by atoms with Gasteiger partial charge in [0.25, 0.3) is 0 Å². The van der Waals surface area contributed by atoms with Gasteiger partial charge in [-0.3, -0.25) is 0 Å². The van der Waals surface area contributed by atoms with Crippen LogP contribution in [0.25, 0.3) is 22.4 Å². The monoisotopic (exact) mass is 488 g/mol. The second-order valence-electron chi connectivity index (χ2n) is 10.1. The molecule has 2 N–H and O–H groups in total. The number of hydrogen-bond donors (Lipinski definition) is 2. The van der Waals surface area contributed by atoms with Crippen molar-refractivity contribution in [2.45, 2.75) is 63.2 Å². The van der Waals surface area contributed by atoms with Gasteiger partial charge in [-0.1, -0.05) is 56.0 Å². The molecular weight excluding hydrogens is 459 g/mol. The number of rotatable bonds is 4. The third-order valence-electron chi connectivity index (χ3n) is 7.61. The Morgan fingerprint density at radius 2 is 1.38 bits per heavy atom. The van der Waals surface area contributed by atoms with E-state index in [2.05, 4.69) is 43.6 Å². The van der Waals surface area contributed by atoms with E-state index in [4.69, 9.17) is 0 Å². The number of H-pyrrole nitrogens is 2. The summed E-state index contributed by atoms with van der Waals surface area (Å²) in [7, 11) is 0. The van der Waals surface area contributed by atoms with Crippen LogP contribution in [0, 0.1) is 29.5 Å². The molecule has 6 rings (SSSR count). The van der Waals surface area contributed by atoms with E-state index in [-0.39, 0.29) is 5.82 Å². The normalized spacial score (nSPS) is 15.8. The number of aromatic nitrogens is 4. The molecule has 0 aliphatic heterocycles. The Kier molecular flexibility index (Phi) is 6.61. The lowest BCUT2D eigenvalue weighted by Gasteiger charge is -2.10. The highest BCUT2D eigenvalue weighted by atomic mass is 19.1. The van der Waals surface area contributed by atoms with E-state index in [1.165, 1.54) is 38.5 Å². The lowest BCUT2D eigenvalue weighted by Crippen LogP contribution is -1.95. The molecule has 0 amide bonds. The molecule has 2 saturated carbocycles. The quantitative estimate of drug-likeness (QED) is 0.296. The second kappa shape index (κ2) is 10.5. The Labute approximate surface area is 217 Å². The Balaban J connectivity index is 1.31. The van der Waals surface area contributed by atoms with Crippen molar-refractivity contribution in [3.05, 3.63) is 83.6 Å². The summed E-state index contributed by atoms with van der Waals surface area (Å²) in [4.78, 5) is 15.9. The number of aromatic amines is 2. The first-order chi connectivity index (χ1) is 18.2. The molecule has 2 aromatic carbocycles. The highest BCUT2D eigenvalue weighted by molar-refractivity contribution is 5.77. The lowest BCUT2D eigenvalue weighted by atomic mass is 9.96. The van der Waals surface area contributed by atoms with Gasteiger partial charge in [-0.2, -0.15) is 0 Å². The molecule has 0 bridgehead atoms. The zero-order valence-corrected chi connectivity index (χ0v) is 20.8. The Morgan fingerprint density at radius 1 is 0.730 bits per heavy atom. The molecule has 2 fully saturated rings. The number of benzene rings is 2. The minimum atomic E-state index is -0.368. The van der Waals surface area contributed by atoms with Gasteiger partial charge < -0.3 is 9.97 Å². The van der Waals surface area contributed by atoms with E-state index < -0.39 is 0 Å². The van der Waals surface area contributed by atoms with Gasteiger partial charge in [0.1, 0.15) is 23.2 Å². The van der Waals surface area contributed by atoms with Crippen molar-refractivity contribution in [2.24, 2.45) is 0 Å². The van der Waals surface area contributed by atoms with Crippen molar-refractivity contribution in [1.82, 2.24) is 19.9 Å². The highest BCUT2D eigenvalue weighted by Crippen LogP contribution is 2.35. The van der Waals surface area contributed by atoms with Gasteiger partial charge in [0, 0.05) is 23.0 Å². The second-order valence-corrected chi connectivity index (χ2v) is 10.1. The first kappa shape index (κ1) is 23.3. The van der Waals surface area contributed by atoms with Crippen molar-refractivity contribution in [2.75, 3.05) is 0 Å². The highest BCUT2D eigenvalue weighted by Gasteiger charge is 2.21. The number of halogens is 1. The van der Waals surface area contributed by atoms with Crippen LogP contribution in [0.15, 0.2) is 54.9 Å². The van der Waals surface area contributed by atoms with Crippen LogP contribution in [0.1, 0.15) is 86.1 Å². The lowest BCUT2D eigenvalue weighted by molar-refractivity contribution is 0.625. The number of hydrogen-bond acceptors (Lipinski definition) is 2. The molecular formula is C32H29FN4. The van der Waals surface area contributed by atoms with Crippen molar-refractivity contribution < 1.29 is 4.39 Å². The zero-order chi connectivity index (χ0) is 25.0. The third kappa shape index (κ3) is 5.09. The summed E-state index contributed by atoms with van der Waals surface area (Å²) in [6, 6.07) is 13.3. The van der Waals surface area contributed by atoms with Crippen molar-refractivity contribution in [3.8, 4) is 46.1 Å². The van der Waals surface area contributed by atoms with Crippen molar-refractivity contribution >= 4 is 0 Å². The average Bonchev–Trinajstić information content (AvgIpc) is 3.74. The van der Waals surface area contributed by atoms with E-state index in [0.29, 0.717) is 17.4 Å². The molecule has 184 valence electrons. The molecule has 5 heteroatoms. The Bertz CT molecular complexity index is 1510.